The van der Waals surface area contributed by atoms with Crippen LogP contribution in [0, 0.1) is 0 Å². The lowest BCUT2D eigenvalue weighted by Gasteiger charge is -2.32. The van der Waals surface area contributed by atoms with Crippen LogP contribution in [0.5, 0.6) is 5.75 Å². The molecule has 0 aliphatic rings. The number of hydrogen-bond acceptors (Lipinski definition) is 3. The number of ether oxygens (including phenoxy) is 1. The predicted octanol–water partition coefficient (Wildman–Crippen LogP) is 6.29. The summed E-state index contributed by atoms with van der Waals surface area (Å²) in [6.07, 6.45) is 0.402. The molecule has 0 aliphatic heterocycles. The van der Waals surface area contributed by atoms with Gasteiger partial charge >= 0.3 is 0 Å². The average molecular weight is 566 g/mol. The first-order valence-corrected chi connectivity index (χ1v) is 13.4. The highest BCUT2D eigenvalue weighted by Crippen LogP contribution is 2.24. The molecule has 1 N–H and O–H groups in total. The third-order valence-electron chi connectivity index (χ3n) is 6.03. The molecule has 1 atom stereocenters. The number of halogens is 1. The summed E-state index contributed by atoms with van der Waals surface area (Å²) in [4.78, 5) is 28.7. The minimum atomic E-state index is -0.692. The summed E-state index contributed by atoms with van der Waals surface area (Å²) < 4.78 is 6.82. The van der Waals surface area contributed by atoms with Gasteiger partial charge in [0.25, 0.3) is 5.91 Å². The number of carbonyl (C=O) groups is 2. The van der Waals surface area contributed by atoms with Gasteiger partial charge in [0.15, 0.2) is 6.61 Å². The average Bonchev–Trinajstić information content (AvgIpc) is 2.84. The lowest BCUT2D eigenvalue weighted by atomic mass is 9.87. The van der Waals surface area contributed by atoms with Crippen LogP contribution in [0.25, 0.3) is 0 Å². The Morgan fingerprint density at radius 3 is 2.16 bits per heavy atom. The summed E-state index contributed by atoms with van der Waals surface area (Å²) in [7, 11) is 0. The predicted molar refractivity (Wildman–Crippen MR) is 153 cm³/mol. The Morgan fingerprint density at radius 1 is 0.919 bits per heavy atom. The fraction of sp³-hybridized carbons (Fsp3) is 0.355. The molecule has 3 aromatic carbocycles. The van der Waals surface area contributed by atoms with E-state index in [9.17, 15) is 9.59 Å². The van der Waals surface area contributed by atoms with E-state index in [0.29, 0.717) is 12.2 Å². The fourth-order valence-corrected chi connectivity index (χ4v) is 4.49. The van der Waals surface area contributed by atoms with Gasteiger partial charge in [-0.05, 0) is 60.2 Å². The third kappa shape index (κ3) is 8.74. The number of rotatable bonds is 10. The van der Waals surface area contributed by atoms with Gasteiger partial charge in [0, 0.05) is 23.5 Å². The van der Waals surface area contributed by atoms with E-state index < -0.39 is 6.04 Å². The number of nitrogens with one attached hydrogen (secondary N) is 1. The van der Waals surface area contributed by atoms with Gasteiger partial charge in [-0.2, -0.15) is 0 Å². The molecule has 2 amide bonds. The van der Waals surface area contributed by atoms with Crippen LogP contribution in [0.4, 0.5) is 0 Å². The van der Waals surface area contributed by atoms with Crippen LogP contribution in [0.15, 0.2) is 83.3 Å². The van der Waals surface area contributed by atoms with Crippen LogP contribution < -0.4 is 10.1 Å². The summed E-state index contributed by atoms with van der Waals surface area (Å²) in [6.45, 7) is 10.4. The summed E-state index contributed by atoms with van der Waals surface area (Å²) in [5.74, 6) is 0.187. The molecule has 0 radical (unpaired) electrons. The Morgan fingerprint density at radius 2 is 1.57 bits per heavy atom. The van der Waals surface area contributed by atoms with Crippen LogP contribution in [-0.2, 0) is 28.0 Å². The Bertz CT molecular complexity index is 1170. The molecule has 0 bridgehead atoms. The molecule has 0 aliphatic carbocycles. The molecule has 6 heteroatoms. The molecule has 3 rings (SSSR count). The van der Waals surface area contributed by atoms with Gasteiger partial charge < -0.3 is 15.0 Å². The van der Waals surface area contributed by atoms with Crippen molar-refractivity contribution in [1.82, 2.24) is 10.2 Å². The van der Waals surface area contributed by atoms with Crippen molar-refractivity contribution < 1.29 is 14.3 Å². The molecule has 3 aromatic rings. The second-order valence-electron chi connectivity index (χ2n) is 10.6. The SMILES string of the molecule is CC(C)NC(=O)C(Cc1ccccc1)N(Cc1cccc(Br)c1)C(=O)COc1ccc(C(C)(C)C)cc1. The second-order valence-corrected chi connectivity index (χ2v) is 11.5. The molecule has 0 fully saturated rings. The van der Waals surface area contributed by atoms with Crippen molar-refractivity contribution in [2.24, 2.45) is 0 Å². The highest BCUT2D eigenvalue weighted by atomic mass is 79.9. The molecule has 1 unspecified atom stereocenters. The van der Waals surface area contributed by atoms with Gasteiger partial charge in [-0.15, -0.1) is 0 Å². The summed E-state index contributed by atoms with van der Waals surface area (Å²) in [5.41, 5.74) is 3.13. The molecule has 196 valence electrons. The van der Waals surface area contributed by atoms with E-state index in [4.69, 9.17) is 4.74 Å². The topological polar surface area (TPSA) is 58.6 Å². The van der Waals surface area contributed by atoms with E-state index in [1.54, 1.807) is 4.90 Å². The monoisotopic (exact) mass is 564 g/mol. The molecule has 0 aromatic heterocycles. The van der Waals surface area contributed by atoms with Gasteiger partial charge in [-0.3, -0.25) is 9.59 Å². The Labute approximate surface area is 229 Å². The first-order chi connectivity index (χ1) is 17.5. The zero-order valence-electron chi connectivity index (χ0n) is 22.3. The van der Waals surface area contributed by atoms with Crippen molar-refractivity contribution in [3.63, 3.8) is 0 Å². The van der Waals surface area contributed by atoms with Crippen molar-refractivity contribution >= 4 is 27.7 Å². The minimum absolute atomic E-state index is 0.0313. The Kier molecular flexibility index (Phi) is 9.93. The van der Waals surface area contributed by atoms with E-state index in [1.807, 2.05) is 92.7 Å². The van der Waals surface area contributed by atoms with Gasteiger partial charge in [-0.25, -0.2) is 0 Å². The van der Waals surface area contributed by atoms with Crippen LogP contribution in [0.2, 0.25) is 0 Å². The van der Waals surface area contributed by atoms with Crippen LogP contribution in [0.3, 0.4) is 0 Å². The van der Waals surface area contributed by atoms with Crippen molar-refractivity contribution in [2.75, 3.05) is 6.61 Å². The Hall–Kier alpha value is -3.12. The molecule has 0 heterocycles. The maximum Gasteiger partial charge on any atom is 0.261 e. The van der Waals surface area contributed by atoms with Gasteiger partial charge in [0.2, 0.25) is 5.91 Å². The van der Waals surface area contributed by atoms with E-state index in [2.05, 4.69) is 42.0 Å². The summed E-state index contributed by atoms with van der Waals surface area (Å²) in [5, 5.41) is 3.01. The molecule has 5 nitrogen and oxygen atoms in total. The number of nitrogens with zero attached hydrogens (tertiary/aromatic N) is 1. The first-order valence-electron chi connectivity index (χ1n) is 12.6. The van der Waals surface area contributed by atoms with E-state index in [-0.39, 0.29) is 36.4 Å². The second kappa shape index (κ2) is 12.9. The van der Waals surface area contributed by atoms with Gasteiger partial charge in [-0.1, -0.05) is 91.3 Å². The summed E-state index contributed by atoms with van der Waals surface area (Å²) >= 11 is 3.52. The quantitative estimate of drug-likeness (QED) is 0.315. The largest absolute Gasteiger partial charge is 0.484 e. The smallest absolute Gasteiger partial charge is 0.261 e. The molecule has 0 saturated carbocycles. The zero-order valence-corrected chi connectivity index (χ0v) is 23.9. The van der Waals surface area contributed by atoms with Crippen molar-refractivity contribution in [3.05, 3.63) is 100 Å². The van der Waals surface area contributed by atoms with Crippen LogP contribution >= 0.6 is 15.9 Å². The van der Waals surface area contributed by atoms with Crippen molar-refractivity contribution in [3.8, 4) is 5.75 Å². The molecular formula is C31H37BrN2O3. The normalized spacial score (nSPS) is 12.2. The number of carbonyl (C=O) groups excluding carboxylic acids is 2. The van der Waals surface area contributed by atoms with Crippen LogP contribution in [-0.4, -0.2) is 35.4 Å². The number of hydrogen-bond donors (Lipinski definition) is 1. The lowest BCUT2D eigenvalue weighted by Crippen LogP contribution is -2.52. The van der Waals surface area contributed by atoms with Crippen molar-refractivity contribution in [1.29, 1.82) is 0 Å². The van der Waals surface area contributed by atoms with E-state index >= 15 is 0 Å². The lowest BCUT2D eigenvalue weighted by molar-refractivity contribution is -0.143. The van der Waals surface area contributed by atoms with Gasteiger partial charge in [0.1, 0.15) is 11.8 Å². The summed E-state index contributed by atoms with van der Waals surface area (Å²) in [6, 6.07) is 24.6. The van der Waals surface area contributed by atoms with Gasteiger partial charge in [0.05, 0.1) is 0 Å². The fourth-order valence-electron chi connectivity index (χ4n) is 4.05. The van der Waals surface area contributed by atoms with Crippen molar-refractivity contribution in [2.45, 2.75) is 65.1 Å². The highest BCUT2D eigenvalue weighted by molar-refractivity contribution is 9.10. The zero-order chi connectivity index (χ0) is 27.0. The van der Waals surface area contributed by atoms with Crippen LogP contribution in [0.1, 0.15) is 51.3 Å². The van der Waals surface area contributed by atoms with E-state index in [1.165, 1.54) is 5.56 Å². The molecular weight excluding hydrogens is 528 g/mol. The first kappa shape index (κ1) is 28.5. The van der Waals surface area contributed by atoms with E-state index in [0.717, 1.165) is 15.6 Å². The maximum absolute atomic E-state index is 13.7. The Balaban J connectivity index is 1.88. The maximum atomic E-state index is 13.7. The molecule has 0 spiro atoms. The standard InChI is InChI=1S/C31H37BrN2O3/c1-22(2)33-30(36)28(19-23-10-7-6-8-11-23)34(20-24-12-9-13-26(32)18-24)29(35)21-37-27-16-14-25(15-17-27)31(3,4)5/h6-18,22,28H,19-21H2,1-5H3,(H,33,36). The number of amides is 2. The molecule has 0 saturated heterocycles. The highest BCUT2D eigenvalue weighted by Gasteiger charge is 2.31. The molecule has 37 heavy (non-hydrogen) atoms. The minimum Gasteiger partial charge on any atom is -0.484 e. The number of benzene rings is 3. The third-order valence-corrected chi connectivity index (χ3v) is 6.52.